The molecule has 0 spiro atoms. The van der Waals surface area contributed by atoms with Crippen LogP contribution in [0.15, 0.2) is 18.2 Å². The summed E-state index contributed by atoms with van der Waals surface area (Å²) in [6.45, 7) is 0. The number of carboxylic acid groups (broad SMARTS) is 1. The largest absolute Gasteiger partial charge is 0.507 e. The highest BCUT2D eigenvalue weighted by atomic mass is 31.0. The number of benzene rings is 1. The summed E-state index contributed by atoms with van der Waals surface area (Å²) >= 11 is 0. The van der Waals surface area contributed by atoms with Crippen molar-refractivity contribution in [2.75, 3.05) is 0 Å². The van der Waals surface area contributed by atoms with Gasteiger partial charge in [0.05, 0.1) is 0 Å². The first-order chi connectivity index (χ1) is 6.50. The molecular formula is C9H12NO3P. The summed E-state index contributed by atoms with van der Waals surface area (Å²) in [5, 5.41) is 18.4. The number of aliphatic carboxylic acids is 1. The minimum absolute atomic E-state index is 0.169. The van der Waals surface area contributed by atoms with Crippen molar-refractivity contribution >= 4 is 20.5 Å². The fourth-order valence-electron chi connectivity index (χ4n) is 1.07. The molecule has 0 fully saturated rings. The number of aromatic hydroxyl groups is 1. The van der Waals surface area contributed by atoms with E-state index < -0.39 is 12.0 Å². The van der Waals surface area contributed by atoms with Gasteiger partial charge in [-0.05, 0) is 24.1 Å². The Hall–Kier alpha value is -1.12. The predicted octanol–water partition coefficient (Wildman–Crippen LogP) is -0.153. The monoisotopic (exact) mass is 213 g/mol. The van der Waals surface area contributed by atoms with E-state index in [-0.39, 0.29) is 12.2 Å². The number of rotatable bonds is 3. The number of hydrogen-bond donors (Lipinski definition) is 3. The van der Waals surface area contributed by atoms with Gasteiger partial charge in [0.2, 0.25) is 0 Å². The normalized spacial score (nSPS) is 12.4. The van der Waals surface area contributed by atoms with Gasteiger partial charge in [-0.2, -0.15) is 0 Å². The van der Waals surface area contributed by atoms with Gasteiger partial charge in [0.15, 0.2) is 0 Å². The van der Waals surface area contributed by atoms with Gasteiger partial charge >= 0.3 is 5.97 Å². The van der Waals surface area contributed by atoms with Crippen LogP contribution < -0.4 is 11.0 Å². The van der Waals surface area contributed by atoms with Crippen LogP contribution in [0.1, 0.15) is 5.56 Å². The van der Waals surface area contributed by atoms with E-state index in [1.54, 1.807) is 12.1 Å². The lowest BCUT2D eigenvalue weighted by atomic mass is 10.1. The lowest BCUT2D eigenvalue weighted by Crippen LogP contribution is -2.32. The van der Waals surface area contributed by atoms with E-state index in [0.717, 1.165) is 5.56 Å². The average molecular weight is 213 g/mol. The molecule has 4 nitrogen and oxygen atoms in total. The van der Waals surface area contributed by atoms with Gasteiger partial charge in [-0.15, -0.1) is 9.24 Å². The molecule has 0 saturated heterocycles. The first kappa shape index (κ1) is 11.0. The second kappa shape index (κ2) is 4.40. The zero-order chi connectivity index (χ0) is 10.7. The molecule has 0 aliphatic rings. The van der Waals surface area contributed by atoms with Crippen LogP contribution in [0.2, 0.25) is 0 Å². The zero-order valence-corrected chi connectivity index (χ0v) is 8.63. The van der Waals surface area contributed by atoms with Crippen molar-refractivity contribution in [3.05, 3.63) is 23.8 Å². The molecule has 0 saturated carbocycles. The number of phenolic OH excluding ortho intramolecular Hbond substituents is 1. The predicted molar refractivity (Wildman–Crippen MR) is 56.8 cm³/mol. The standard InChI is InChI=1S/C9H12NO3P/c10-6(9(12)13)3-5-1-2-7(11)8(14)4-5/h1-2,4,6,11H,3,10,14H2,(H,12,13). The molecule has 0 heterocycles. The van der Waals surface area contributed by atoms with E-state index in [1.807, 2.05) is 0 Å². The lowest BCUT2D eigenvalue weighted by Gasteiger charge is -2.07. The van der Waals surface area contributed by atoms with Crippen LogP contribution in [0.5, 0.6) is 5.75 Å². The second-order valence-corrected chi connectivity index (χ2v) is 3.66. The minimum Gasteiger partial charge on any atom is -0.507 e. The Morgan fingerprint density at radius 3 is 2.71 bits per heavy atom. The van der Waals surface area contributed by atoms with Crippen molar-refractivity contribution in [1.82, 2.24) is 0 Å². The maximum Gasteiger partial charge on any atom is 0.320 e. The number of hydrogen-bond acceptors (Lipinski definition) is 3. The van der Waals surface area contributed by atoms with Gasteiger partial charge < -0.3 is 15.9 Å². The molecule has 4 N–H and O–H groups in total. The van der Waals surface area contributed by atoms with Crippen LogP contribution >= 0.6 is 9.24 Å². The highest BCUT2D eigenvalue weighted by molar-refractivity contribution is 7.27. The summed E-state index contributed by atoms with van der Waals surface area (Å²) in [7, 11) is 2.37. The molecule has 5 heteroatoms. The summed E-state index contributed by atoms with van der Waals surface area (Å²) in [4.78, 5) is 10.5. The molecule has 0 bridgehead atoms. The van der Waals surface area contributed by atoms with E-state index in [1.165, 1.54) is 6.07 Å². The maximum absolute atomic E-state index is 10.5. The maximum atomic E-state index is 10.5. The van der Waals surface area contributed by atoms with Gasteiger partial charge in [0, 0.05) is 5.30 Å². The third kappa shape index (κ3) is 2.69. The Bertz CT molecular complexity index is 354. The highest BCUT2D eigenvalue weighted by Crippen LogP contribution is 2.11. The SMILES string of the molecule is NC(Cc1ccc(O)c(P)c1)C(=O)O. The topological polar surface area (TPSA) is 83.5 Å². The van der Waals surface area contributed by atoms with E-state index in [0.29, 0.717) is 5.30 Å². The Morgan fingerprint density at radius 2 is 2.21 bits per heavy atom. The Labute approximate surface area is 83.9 Å². The number of nitrogens with two attached hydrogens (primary N) is 1. The van der Waals surface area contributed by atoms with Crippen LogP contribution in [0.4, 0.5) is 0 Å². The molecule has 1 rings (SSSR count). The van der Waals surface area contributed by atoms with E-state index in [4.69, 9.17) is 10.8 Å². The van der Waals surface area contributed by atoms with Gasteiger partial charge in [-0.1, -0.05) is 6.07 Å². The van der Waals surface area contributed by atoms with Crippen molar-refractivity contribution in [3.8, 4) is 5.75 Å². The van der Waals surface area contributed by atoms with Crippen molar-refractivity contribution in [3.63, 3.8) is 0 Å². The number of carboxylic acids is 1. The van der Waals surface area contributed by atoms with E-state index in [9.17, 15) is 9.90 Å². The zero-order valence-electron chi connectivity index (χ0n) is 7.47. The molecule has 2 unspecified atom stereocenters. The highest BCUT2D eigenvalue weighted by Gasteiger charge is 2.12. The van der Waals surface area contributed by atoms with E-state index >= 15 is 0 Å². The first-order valence-electron chi connectivity index (χ1n) is 4.06. The summed E-state index contributed by atoms with van der Waals surface area (Å²) < 4.78 is 0. The Balaban J connectivity index is 2.78. The molecule has 2 atom stereocenters. The third-order valence-electron chi connectivity index (χ3n) is 1.86. The molecule has 0 radical (unpaired) electrons. The number of phenols is 1. The molecule has 0 aliphatic heterocycles. The molecule has 0 aliphatic carbocycles. The molecule has 14 heavy (non-hydrogen) atoms. The Kier molecular flexibility index (Phi) is 3.44. The summed E-state index contributed by atoms with van der Waals surface area (Å²) in [6, 6.07) is 3.98. The first-order valence-corrected chi connectivity index (χ1v) is 4.64. The smallest absolute Gasteiger partial charge is 0.320 e. The van der Waals surface area contributed by atoms with Crippen LogP contribution in [0.3, 0.4) is 0 Å². The van der Waals surface area contributed by atoms with Crippen molar-refractivity contribution < 1.29 is 15.0 Å². The molecule has 0 aromatic heterocycles. The minimum atomic E-state index is -1.02. The van der Waals surface area contributed by atoms with Gasteiger partial charge in [-0.3, -0.25) is 4.79 Å². The summed E-state index contributed by atoms with van der Waals surface area (Å²) in [6.07, 6.45) is 0.261. The van der Waals surface area contributed by atoms with Crippen LogP contribution in [-0.2, 0) is 11.2 Å². The summed E-state index contributed by atoms with van der Waals surface area (Å²) in [5.74, 6) is -0.856. The fourth-order valence-corrected chi connectivity index (χ4v) is 1.38. The lowest BCUT2D eigenvalue weighted by molar-refractivity contribution is -0.138. The molecule has 76 valence electrons. The molecule has 1 aromatic rings. The van der Waals surface area contributed by atoms with Crippen molar-refractivity contribution in [2.45, 2.75) is 12.5 Å². The molecular weight excluding hydrogens is 201 g/mol. The summed E-state index contributed by atoms with van der Waals surface area (Å²) in [5.41, 5.74) is 6.16. The van der Waals surface area contributed by atoms with Crippen LogP contribution in [-0.4, -0.2) is 22.2 Å². The number of carbonyl (C=O) groups is 1. The van der Waals surface area contributed by atoms with Crippen molar-refractivity contribution in [2.24, 2.45) is 5.73 Å². The third-order valence-corrected chi connectivity index (χ3v) is 2.33. The van der Waals surface area contributed by atoms with Gasteiger partial charge in [0.1, 0.15) is 11.8 Å². The van der Waals surface area contributed by atoms with Crippen LogP contribution in [0.25, 0.3) is 0 Å². The van der Waals surface area contributed by atoms with Gasteiger partial charge in [-0.25, -0.2) is 0 Å². The van der Waals surface area contributed by atoms with Gasteiger partial charge in [0.25, 0.3) is 0 Å². The molecule has 1 aromatic carbocycles. The van der Waals surface area contributed by atoms with Crippen molar-refractivity contribution in [1.29, 1.82) is 0 Å². The fraction of sp³-hybridized carbons (Fsp3) is 0.222. The average Bonchev–Trinajstić information content (AvgIpc) is 2.11. The quantitative estimate of drug-likeness (QED) is 0.609. The second-order valence-electron chi connectivity index (χ2n) is 3.04. The Morgan fingerprint density at radius 1 is 1.57 bits per heavy atom. The van der Waals surface area contributed by atoms with Crippen LogP contribution in [0, 0.1) is 0 Å². The molecule has 0 amide bonds. The van der Waals surface area contributed by atoms with E-state index in [2.05, 4.69) is 9.24 Å².